The van der Waals surface area contributed by atoms with Crippen LogP contribution in [-0.2, 0) is 0 Å². The molecule has 0 unspecified atom stereocenters. The Hall–Kier alpha value is -2.76. The van der Waals surface area contributed by atoms with Crippen LogP contribution in [0.2, 0.25) is 0 Å². The van der Waals surface area contributed by atoms with Gasteiger partial charge in [-0.05, 0) is 50.2 Å². The van der Waals surface area contributed by atoms with E-state index in [2.05, 4.69) is 31.0 Å². The Bertz CT molecular complexity index is 1020. The van der Waals surface area contributed by atoms with Crippen LogP contribution in [0, 0.1) is 6.92 Å². The summed E-state index contributed by atoms with van der Waals surface area (Å²) < 4.78 is 0. The fourth-order valence-corrected chi connectivity index (χ4v) is 4.05. The van der Waals surface area contributed by atoms with Gasteiger partial charge >= 0.3 is 0 Å². The number of nitrogens with zero attached hydrogens (tertiary/aromatic N) is 3. The molecule has 3 aromatic rings. The third-order valence-corrected chi connectivity index (χ3v) is 5.88. The molecule has 4 rings (SSSR count). The topological polar surface area (TPSA) is 56.7 Å². The Balaban J connectivity index is 1.54. The Morgan fingerprint density at radius 1 is 1.14 bits per heavy atom. The van der Waals surface area contributed by atoms with E-state index in [1.165, 1.54) is 5.56 Å². The number of amides is 1. The zero-order valence-corrected chi connectivity index (χ0v) is 17.0. The van der Waals surface area contributed by atoms with Gasteiger partial charge in [-0.1, -0.05) is 30.3 Å². The average molecular weight is 389 g/mol. The minimum Gasteiger partial charge on any atom is -0.396 e. The highest BCUT2D eigenvalue weighted by molar-refractivity contribution is 5.95. The summed E-state index contributed by atoms with van der Waals surface area (Å²) in [6.45, 7) is 4.44. The van der Waals surface area contributed by atoms with Gasteiger partial charge in [-0.25, -0.2) is 4.98 Å². The van der Waals surface area contributed by atoms with Crippen LogP contribution in [0.1, 0.15) is 22.3 Å². The summed E-state index contributed by atoms with van der Waals surface area (Å²) in [6, 6.07) is 18.2. The lowest BCUT2D eigenvalue weighted by Crippen LogP contribution is -2.53. The Kier molecular flexibility index (Phi) is 5.60. The van der Waals surface area contributed by atoms with Gasteiger partial charge in [0, 0.05) is 48.8 Å². The number of benzene rings is 2. The van der Waals surface area contributed by atoms with Gasteiger partial charge in [0.05, 0.1) is 11.2 Å². The number of para-hydroxylation sites is 1. The fourth-order valence-electron chi connectivity index (χ4n) is 4.05. The van der Waals surface area contributed by atoms with Gasteiger partial charge < -0.3 is 10.0 Å². The second-order valence-corrected chi connectivity index (χ2v) is 7.82. The van der Waals surface area contributed by atoms with E-state index in [9.17, 15) is 9.90 Å². The first-order chi connectivity index (χ1) is 14.1. The zero-order chi connectivity index (χ0) is 20.4. The maximum atomic E-state index is 13.0. The van der Waals surface area contributed by atoms with E-state index < -0.39 is 0 Å². The van der Waals surface area contributed by atoms with Crippen LogP contribution >= 0.6 is 0 Å². The average Bonchev–Trinajstić information content (AvgIpc) is 2.75. The third-order valence-electron chi connectivity index (χ3n) is 5.88. The van der Waals surface area contributed by atoms with Gasteiger partial charge in [-0.3, -0.25) is 9.69 Å². The molecule has 1 aliphatic rings. The zero-order valence-electron chi connectivity index (χ0n) is 17.0. The van der Waals surface area contributed by atoms with Crippen molar-refractivity contribution < 1.29 is 9.90 Å². The molecule has 2 aromatic carbocycles. The van der Waals surface area contributed by atoms with Crippen LogP contribution in [0.5, 0.6) is 0 Å². The van der Waals surface area contributed by atoms with Crippen molar-refractivity contribution in [3.8, 4) is 11.3 Å². The standard InChI is InChI=1S/C24H27N3O2/c1-17-15-23(25-22-6-4-3-5-21(17)22)18-7-9-19(10-8-18)24(29)27-13-12-26(2)20(16-27)11-14-28/h3-10,15,20,28H,11-14,16H2,1-2H3/t20-/m1/s1. The molecule has 0 saturated carbocycles. The molecule has 0 radical (unpaired) electrons. The summed E-state index contributed by atoms with van der Waals surface area (Å²) in [6.07, 6.45) is 0.687. The summed E-state index contributed by atoms with van der Waals surface area (Å²) in [5, 5.41) is 10.4. The number of aromatic nitrogens is 1. The second-order valence-electron chi connectivity index (χ2n) is 7.82. The summed E-state index contributed by atoms with van der Waals surface area (Å²) >= 11 is 0. The number of aryl methyl sites for hydroxylation is 1. The molecule has 1 aliphatic heterocycles. The lowest BCUT2D eigenvalue weighted by molar-refractivity contribution is 0.0500. The normalized spacial score (nSPS) is 17.6. The van der Waals surface area contributed by atoms with Gasteiger partial charge in [0.25, 0.3) is 5.91 Å². The molecule has 29 heavy (non-hydrogen) atoms. The smallest absolute Gasteiger partial charge is 0.253 e. The lowest BCUT2D eigenvalue weighted by atomic mass is 10.0. The fraction of sp³-hybridized carbons (Fsp3) is 0.333. The molecule has 1 aromatic heterocycles. The molecular formula is C24H27N3O2. The Labute approximate surface area is 171 Å². The number of aliphatic hydroxyl groups excluding tert-OH is 1. The number of hydrogen-bond donors (Lipinski definition) is 1. The van der Waals surface area contributed by atoms with Gasteiger partial charge in [0.2, 0.25) is 0 Å². The minimum atomic E-state index is 0.0511. The number of carbonyl (C=O) groups excluding carboxylic acids is 1. The molecule has 0 aliphatic carbocycles. The third kappa shape index (κ3) is 4.02. The quantitative estimate of drug-likeness (QED) is 0.744. The molecule has 1 atom stereocenters. The van der Waals surface area contributed by atoms with E-state index >= 15 is 0 Å². The largest absolute Gasteiger partial charge is 0.396 e. The molecule has 0 bridgehead atoms. The van der Waals surface area contributed by atoms with E-state index in [-0.39, 0.29) is 18.6 Å². The molecule has 5 heteroatoms. The first-order valence-corrected chi connectivity index (χ1v) is 10.1. The van der Waals surface area contributed by atoms with E-state index in [0.717, 1.165) is 28.7 Å². The van der Waals surface area contributed by atoms with Crippen LogP contribution in [0.25, 0.3) is 22.2 Å². The van der Waals surface area contributed by atoms with Crippen molar-refractivity contribution in [3.05, 3.63) is 65.7 Å². The summed E-state index contributed by atoms with van der Waals surface area (Å²) in [4.78, 5) is 21.9. The first-order valence-electron chi connectivity index (χ1n) is 10.1. The van der Waals surface area contributed by atoms with Crippen LogP contribution in [0.4, 0.5) is 0 Å². The van der Waals surface area contributed by atoms with Crippen LogP contribution in [0.3, 0.4) is 0 Å². The van der Waals surface area contributed by atoms with Crippen molar-refractivity contribution >= 4 is 16.8 Å². The monoisotopic (exact) mass is 389 g/mol. The first kappa shape index (κ1) is 19.6. The highest BCUT2D eigenvalue weighted by Gasteiger charge is 2.27. The van der Waals surface area contributed by atoms with E-state index in [0.29, 0.717) is 25.1 Å². The molecule has 1 saturated heterocycles. The number of rotatable bonds is 4. The van der Waals surface area contributed by atoms with Gasteiger partial charge in [-0.15, -0.1) is 0 Å². The maximum Gasteiger partial charge on any atom is 0.253 e. The van der Waals surface area contributed by atoms with E-state index in [1.807, 2.05) is 47.4 Å². The SMILES string of the molecule is Cc1cc(-c2ccc(C(=O)N3CCN(C)[C@H](CCO)C3)cc2)nc2ccccc12. The number of fused-ring (bicyclic) bond motifs is 1. The van der Waals surface area contributed by atoms with Crippen molar-refractivity contribution in [2.45, 2.75) is 19.4 Å². The molecule has 2 heterocycles. The van der Waals surface area contributed by atoms with Crippen LogP contribution in [-0.4, -0.2) is 65.1 Å². The van der Waals surface area contributed by atoms with Gasteiger partial charge in [0.15, 0.2) is 0 Å². The predicted molar refractivity (Wildman–Crippen MR) is 116 cm³/mol. The summed E-state index contributed by atoms with van der Waals surface area (Å²) in [5.74, 6) is 0.0511. The number of hydrogen-bond acceptors (Lipinski definition) is 4. The Morgan fingerprint density at radius 2 is 1.90 bits per heavy atom. The van der Waals surface area contributed by atoms with Gasteiger partial charge in [-0.2, -0.15) is 0 Å². The highest BCUT2D eigenvalue weighted by atomic mass is 16.3. The van der Waals surface area contributed by atoms with Gasteiger partial charge in [0.1, 0.15) is 0 Å². The van der Waals surface area contributed by atoms with Crippen molar-refractivity contribution in [2.24, 2.45) is 0 Å². The van der Waals surface area contributed by atoms with Crippen molar-refractivity contribution in [1.82, 2.24) is 14.8 Å². The van der Waals surface area contributed by atoms with Crippen molar-refractivity contribution in [3.63, 3.8) is 0 Å². The molecule has 1 N–H and O–H groups in total. The number of likely N-dealkylation sites (N-methyl/N-ethyl adjacent to an activating group) is 1. The molecule has 5 nitrogen and oxygen atoms in total. The maximum absolute atomic E-state index is 13.0. The molecular weight excluding hydrogens is 362 g/mol. The minimum absolute atomic E-state index is 0.0511. The number of piperazine rings is 1. The van der Waals surface area contributed by atoms with Crippen LogP contribution in [0.15, 0.2) is 54.6 Å². The van der Waals surface area contributed by atoms with Crippen molar-refractivity contribution in [1.29, 1.82) is 0 Å². The Morgan fingerprint density at radius 3 is 2.66 bits per heavy atom. The predicted octanol–water partition coefficient (Wildman–Crippen LogP) is 3.35. The lowest BCUT2D eigenvalue weighted by Gasteiger charge is -2.39. The number of carbonyl (C=O) groups is 1. The molecule has 1 amide bonds. The van der Waals surface area contributed by atoms with Crippen molar-refractivity contribution in [2.75, 3.05) is 33.3 Å². The van der Waals surface area contributed by atoms with E-state index in [4.69, 9.17) is 4.98 Å². The molecule has 150 valence electrons. The number of pyridine rings is 1. The number of aliphatic hydroxyl groups is 1. The second kappa shape index (κ2) is 8.31. The summed E-state index contributed by atoms with van der Waals surface area (Å²) in [7, 11) is 2.05. The molecule has 1 fully saturated rings. The summed E-state index contributed by atoms with van der Waals surface area (Å²) in [5.41, 5.74) is 4.79. The van der Waals surface area contributed by atoms with E-state index in [1.54, 1.807) is 0 Å². The highest BCUT2D eigenvalue weighted by Crippen LogP contribution is 2.25. The van der Waals surface area contributed by atoms with Crippen LogP contribution < -0.4 is 0 Å². The molecule has 0 spiro atoms.